The lowest BCUT2D eigenvalue weighted by atomic mass is 9.87. The molecular weight excluding hydrogens is 552 g/mol. The molecule has 2 atom stereocenters. The van der Waals surface area contributed by atoms with Gasteiger partial charge in [0.05, 0.1) is 5.56 Å². The molecule has 1 aliphatic rings. The second-order valence-electron chi connectivity index (χ2n) is 9.61. The summed E-state index contributed by atoms with van der Waals surface area (Å²) in [4.78, 5) is 26.3. The van der Waals surface area contributed by atoms with Crippen LogP contribution in [0.15, 0.2) is 69.9 Å². The van der Waals surface area contributed by atoms with E-state index in [-0.39, 0.29) is 50.8 Å². The van der Waals surface area contributed by atoms with Gasteiger partial charge in [-0.2, -0.15) is 0 Å². The lowest BCUT2D eigenvalue weighted by Crippen LogP contribution is -2.36. The highest BCUT2D eigenvalue weighted by molar-refractivity contribution is 6.06. The summed E-state index contributed by atoms with van der Waals surface area (Å²) in [7, 11) is 0. The Kier molecular flexibility index (Phi) is 5.87. The van der Waals surface area contributed by atoms with Crippen LogP contribution in [-0.2, 0) is 0 Å². The molecule has 5 aromatic rings. The van der Waals surface area contributed by atoms with E-state index in [2.05, 4.69) is 0 Å². The highest BCUT2D eigenvalue weighted by Crippen LogP contribution is 2.48. The van der Waals surface area contributed by atoms with E-state index in [1.807, 2.05) is 0 Å². The third-order valence-electron chi connectivity index (χ3n) is 6.97. The van der Waals surface area contributed by atoms with Crippen molar-refractivity contribution in [3.8, 4) is 68.4 Å². The first-order valence-electron chi connectivity index (χ1n) is 12.3. The van der Waals surface area contributed by atoms with Crippen molar-refractivity contribution in [1.82, 2.24) is 0 Å². The van der Waals surface area contributed by atoms with Gasteiger partial charge in [-0.05, 0) is 42.0 Å². The van der Waals surface area contributed by atoms with Crippen LogP contribution in [0.2, 0.25) is 0 Å². The molecule has 1 aromatic heterocycles. The van der Waals surface area contributed by atoms with E-state index in [9.17, 15) is 50.4 Å². The van der Waals surface area contributed by atoms with Crippen LogP contribution in [0.4, 0.5) is 0 Å². The molecule has 0 saturated heterocycles. The Bertz CT molecular complexity index is 1990. The van der Waals surface area contributed by atoms with Crippen LogP contribution in [0.5, 0.6) is 46.0 Å². The van der Waals surface area contributed by atoms with E-state index in [0.717, 1.165) is 24.3 Å². The summed E-state index contributed by atoms with van der Waals surface area (Å²) in [5.74, 6) is -5.32. The van der Waals surface area contributed by atoms with Crippen molar-refractivity contribution in [1.29, 1.82) is 0 Å². The number of aliphatic hydroxyl groups excluding tert-OH is 1. The van der Waals surface area contributed by atoms with Gasteiger partial charge < -0.3 is 50.0 Å². The Hall–Kier alpha value is -5.88. The van der Waals surface area contributed by atoms with Gasteiger partial charge in [0.1, 0.15) is 51.2 Å². The first-order valence-corrected chi connectivity index (χ1v) is 12.3. The molecule has 0 fully saturated rings. The van der Waals surface area contributed by atoms with Gasteiger partial charge >= 0.3 is 0 Å². The van der Waals surface area contributed by atoms with Gasteiger partial charge in [0.15, 0.2) is 23.6 Å². The number of aromatic hydroxyl groups is 7. The number of hydrogen-bond acceptors (Lipinski definition) is 12. The van der Waals surface area contributed by atoms with Gasteiger partial charge in [0.25, 0.3) is 0 Å². The molecular formula is C30H20O12. The molecule has 0 aliphatic carbocycles. The average molecular weight is 572 g/mol. The van der Waals surface area contributed by atoms with Gasteiger partial charge in [0, 0.05) is 29.3 Å². The van der Waals surface area contributed by atoms with Crippen LogP contribution in [0, 0.1) is 0 Å². The predicted octanol–water partition coefficient (Wildman–Crippen LogP) is 3.74. The summed E-state index contributed by atoms with van der Waals surface area (Å²) in [6.45, 7) is 0. The molecule has 0 bridgehead atoms. The highest BCUT2D eigenvalue weighted by Gasteiger charge is 2.41. The number of hydrogen-bond donors (Lipinski definition) is 8. The second-order valence-corrected chi connectivity index (χ2v) is 9.61. The molecule has 0 spiro atoms. The Labute approximate surface area is 234 Å². The molecule has 6 rings (SSSR count). The number of carbonyl (C=O) groups excluding carboxylic acids is 1. The quantitative estimate of drug-likeness (QED) is 0.155. The minimum absolute atomic E-state index is 0.00803. The number of phenols is 6. The Morgan fingerprint density at radius 1 is 0.667 bits per heavy atom. The van der Waals surface area contributed by atoms with Gasteiger partial charge in [-0.3, -0.25) is 9.59 Å². The summed E-state index contributed by atoms with van der Waals surface area (Å²) in [5, 5.41) is 82.8. The number of rotatable bonds is 3. The van der Waals surface area contributed by atoms with Crippen LogP contribution in [0.1, 0.15) is 22.0 Å². The number of phenolic OH excluding ortho intramolecular Hbond substituents is 6. The fraction of sp³-hybridized carbons (Fsp3) is 0.0667. The molecule has 1 unspecified atom stereocenters. The maximum Gasteiger partial charge on any atom is 0.238 e. The number of ether oxygens (including phenoxy) is 1. The molecule has 212 valence electrons. The summed E-state index contributed by atoms with van der Waals surface area (Å²) in [6, 6.07) is 11.6. The van der Waals surface area contributed by atoms with Crippen LogP contribution in [-0.4, -0.2) is 52.7 Å². The number of benzene rings is 4. The molecule has 12 nitrogen and oxygen atoms in total. The number of Topliss-reactive ketones (excluding diaryl/α,β-unsaturated/α-hetero) is 1. The molecule has 0 saturated carbocycles. The second kappa shape index (κ2) is 9.35. The maximum absolute atomic E-state index is 13.2. The molecule has 2 heterocycles. The van der Waals surface area contributed by atoms with Gasteiger partial charge in [-0.15, -0.1) is 0 Å². The van der Waals surface area contributed by atoms with Crippen molar-refractivity contribution >= 4 is 16.8 Å². The lowest BCUT2D eigenvalue weighted by molar-refractivity contribution is 0.0212. The summed E-state index contributed by atoms with van der Waals surface area (Å²) in [5.41, 5.74) is -2.10. The number of aliphatic hydroxyl groups is 1. The minimum atomic E-state index is -1.91. The topological polar surface area (TPSA) is 218 Å². The van der Waals surface area contributed by atoms with E-state index in [4.69, 9.17) is 9.15 Å². The zero-order valence-electron chi connectivity index (χ0n) is 21.1. The van der Waals surface area contributed by atoms with Crippen molar-refractivity contribution in [3.63, 3.8) is 0 Å². The minimum Gasteiger partial charge on any atom is -0.508 e. The predicted molar refractivity (Wildman–Crippen MR) is 145 cm³/mol. The highest BCUT2D eigenvalue weighted by atomic mass is 16.5. The standard InChI is InChI=1S/C30H20O12/c31-12-3-1-11(2-4-12)28-26(39)25(38)23-19(36)10-18(35)21(30(23)42-28)16-7-13(32)5-6-15(16)29-27(40)24(37)22-17(34)8-14(33)9-20(22)41-29/h1-10,27,29,31-36,39-40H/t27?,29-/m0/s1. The zero-order valence-corrected chi connectivity index (χ0v) is 21.1. The molecule has 8 N–H and O–H groups in total. The Balaban J connectivity index is 1.64. The first-order chi connectivity index (χ1) is 20.0. The number of carbonyl (C=O) groups is 1. The summed E-state index contributed by atoms with van der Waals surface area (Å²) in [6.07, 6.45) is -3.43. The zero-order chi connectivity index (χ0) is 30.0. The number of ketones is 1. The van der Waals surface area contributed by atoms with E-state index in [0.29, 0.717) is 0 Å². The largest absolute Gasteiger partial charge is 0.508 e. The first kappa shape index (κ1) is 26.3. The smallest absolute Gasteiger partial charge is 0.238 e. The molecule has 0 radical (unpaired) electrons. The fourth-order valence-corrected chi connectivity index (χ4v) is 5.05. The third-order valence-corrected chi connectivity index (χ3v) is 6.97. The lowest BCUT2D eigenvalue weighted by Gasteiger charge is -2.31. The van der Waals surface area contributed by atoms with Crippen molar-refractivity contribution in [2.75, 3.05) is 0 Å². The third kappa shape index (κ3) is 3.97. The molecule has 4 aromatic carbocycles. The maximum atomic E-state index is 13.2. The monoisotopic (exact) mass is 572 g/mol. The molecule has 0 amide bonds. The van der Waals surface area contributed by atoms with E-state index >= 15 is 0 Å². The fourth-order valence-electron chi connectivity index (χ4n) is 5.05. The number of fused-ring (bicyclic) bond motifs is 2. The van der Waals surface area contributed by atoms with Gasteiger partial charge in [-0.25, -0.2) is 0 Å². The van der Waals surface area contributed by atoms with E-state index in [1.54, 1.807) is 0 Å². The van der Waals surface area contributed by atoms with Crippen LogP contribution in [0.25, 0.3) is 33.4 Å². The van der Waals surface area contributed by atoms with Crippen LogP contribution < -0.4 is 10.2 Å². The molecule has 12 heteroatoms. The Morgan fingerprint density at radius 3 is 2.05 bits per heavy atom. The normalized spacial score (nSPS) is 16.3. The Morgan fingerprint density at radius 2 is 1.33 bits per heavy atom. The SMILES string of the molecule is O=C1c2c(O)cc(O)cc2O[C@@H](c2ccc(O)cc2-c2c(O)cc(O)c3c(=O)c(O)c(-c4ccc(O)cc4)oc23)C1O. The van der Waals surface area contributed by atoms with Crippen molar-refractivity contribution < 1.29 is 54.8 Å². The van der Waals surface area contributed by atoms with Crippen LogP contribution >= 0.6 is 0 Å². The van der Waals surface area contributed by atoms with E-state index < -0.39 is 63.1 Å². The van der Waals surface area contributed by atoms with Gasteiger partial charge in [0.2, 0.25) is 17.0 Å². The van der Waals surface area contributed by atoms with Crippen molar-refractivity contribution in [2.24, 2.45) is 0 Å². The van der Waals surface area contributed by atoms with Crippen molar-refractivity contribution in [3.05, 3.63) is 82.0 Å². The molecule has 1 aliphatic heterocycles. The van der Waals surface area contributed by atoms with Gasteiger partial charge in [-0.1, -0.05) is 6.07 Å². The molecule has 42 heavy (non-hydrogen) atoms. The summed E-state index contributed by atoms with van der Waals surface area (Å²) < 4.78 is 11.7. The van der Waals surface area contributed by atoms with Crippen molar-refractivity contribution in [2.45, 2.75) is 12.2 Å². The summed E-state index contributed by atoms with van der Waals surface area (Å²) >= 11 is 0. The van der Waals surface area contributed by atoms with Crippen LogP contribution in [0.3, 0.4) is 0 Å². The van der Waals surface area contributed by atoms with E-state index in [1.165, 1.54) is 36.4 Å². The average Bonchev–Trinajstić information content (AvgIpc) is 2.93.